The van der Waals surface area contributed by atoms with Crippen LogP contribution in [-0.2, 0) is 14.8 Å². The van der Waals surface area contributed by atoms with Gasteiger partial charge in [-0.1, -0.05) is 6.92 Å². The van der Waals surface area contributed by atoms with E-state index in [1.807, 2.05) is 6.92 Å². The second-order valence-electron chi connectivity index (χ2n) is 3.96. The molecule has 0 amide bonds. The van der Waals surface area contributed by atoms with E-state index >= 15 is 0 Å². The molecule has 0 radical (unpaired) electrons. The molecule has 0 aromatic heterocycles. The van der Waals surface area contributed by atoms with Gasteiger partial charge in [-0.15, -0.1) is 11.6 Å². The molecule has 0 N–H and O–H groups in total. The second kappa shape index (κ2) is 6.79. The maximum Gasteiger partial charge on any atom is 0.214 e. The largest absolute Gasteiger partial charge is 0.378 e. The fourth-order valence-electron chi connectivity index (χ4n) is 1.82. The predicted molar refractivity (Wildman–Crippen MR) is 65.3 cm³/mol. The maximum atomic E-state index is 12.1. The lowest BCUT2D eigenvalue weighted by Crippen LogP contribution is -2.49. The molecule has 16 heavy (non-hydrogen) atoms. The molecule has 1 saturated heterocycles. The van der Waals surface area contributed by atoms with Crippen LogP contribution in [0, 0.1) is 0 Å². The summed E-state index contributed by atoms with van der Waals surface area (Å²) in [5, 5.41) is 0. The third-order valence-electron chi connectivity index (χ3n) is 2.79. The lowest BCUT2D eigenvalue weighted by atomic mass is 10.2. The number of hydrogen-bond acceptors (Lipinski definition) is 3. The number of halogens is 1. The number of morpholine rings is 1. The minimum atomic E-state index is -3.12. The highest BCUT2D eigenvalue weighted by Crippen LogP contribution is 2.16. The first-order valence-corrected chi connectivity index (χ1v) is 7.89. The summed E-state index contributed by atoms with van der Waals surface area (Å²) in [4.78, 5) is 0. The molecule has 4 nitrogen and oxygen atoms in total. The average Bonchev–Trinajstić information content (AvgIpc) is 2.29. The fourth-order valence-corrected chi connectivity index (χ4v) is 3.83. The Kier molecular flexibility index (Phi) is 6.03. The van der Waals surface area contributed by atoms with Gasteiger partial charge in [0.15, 0.2) is 0 Å². The van der Waals surface area contributed by atoms with Crippen LogP contribution in [0.25, 0.3) is 0 Å². The summed E-state index contributed by atoms with van der Waals surface area (Å²) < 4.78 is 31.0. The molecule has 0 bridgehead atoms. The lowest BCUT2D eigenvalue weighted by molar-refractivity contribution is 0.0314. The van der Waals surface area contributed by atoms with E-state index in [1.54, 1.807) is 4.31 Å². The highest BCUT2D eigenvalue weighted by molar-refractivity contribution is 7.89. The third kappa shape index (κ3) is 3.87. The Morgan fingerprint density at radius 3 is 2.81 bits per heavy atom. The molecule has 1 aliphatic heterocycles. The number of ether oxygens (including phenoxy) is 1. The Morgan fingerprint density at radius 2 is 2.19 bits per heavy atom. The van der Waals surface area contributed by atoms with Crippen LogP contribution in [0.15, 0.2) is 0 Å². The molecule has 1 rings (SSSR count). The van der Waals surface area contributed by atoms with E-state index in [4.69, 9.17) is 16.3 Å². The number of alkyl halides is 1. The van der Waals surface area contributed by atoms with Gasteiger partial charge in [-0.25, -0.2) is 8.42 Å². The molecule has 1 unspecified atom stereocenters. The van der Waals surface area contributed by atoms with Crippen molar-refractivity contribution >= 4 is 21.6 Å². The van der Waals surface area contributed by atoms with Crippen LogP contribution in [0.5, 0.6) is 0 Å². The van der Waals surface area contributed by atoms with Crippen LogP contribution in [-0.4, -0.2) is 50.2 Å². The van der Waals surface area contributed by atoms with Crippen molar-refractivity contribution < 1.29 is 13.2 Å². The van der Waals surface area contributed by atoms with Crippen molar-refractivity contribution in [1.82, 2.24) is 4.31 Å². The van der Waals surface area contributed by atoms with Crippen LogP contribution in [0.4, 0.5) is 0 Å². The summed E-state index contributed by atoms with van der Waals surface area (Å²) in [6, 6.07) is 0.00903. The number of nitrogens with zero attached hydrogens (tertiary/aromatic N) is 1. The van der Waals surface area contributed by atoms with E-state index in [1.165, 1.54) is 0 Å². The number of sulfonamides is 1. The monoisotopic (exact) mass is 269 g/mol. The summed E-state index contributed by atoms with van der Waals surface area (Å²) in [7, 11) is -3.12. The second-order valence-corrected chi connectivity index (χ2v) is 6.38. The van der Waals surface area contributed by atoms with Crippen LogP contribution < -0.4 is 0 Å². The Morgan fingerprint density at radius 1 is 1.44 bits per heavy atom. The Hall–Kier alpha value is 0.160. The van der Waals surface area contributed by atoms with Gasteiger partial charge in [0.05, 0.1) is 19.0 Å². The lowest BCUT2D eigenvalue weighted by Gasteiger charge is -2.34. The first-order valence-electron chi connectivity index (χ1n) is 5.75. The van der Waals surface area contributed by atoms with Crippen LogP contribution in [0.2, 0.25) is 0 Å². The Labute approximate surface area is 103 Å². The molecule has 0 aliphatic carbocycles. The van der Waals surface area contributed by atoms with Gasteiger partial charge in [0.2, 0.25) is 10.0 Å². The van der Waals surface area contributed by atoms with Crippen molar-refractivity contribution in [3.05, 3.63) is 0 Å². The quantitative estimate of drug-likeness (QED) is 0.542. The first kappa shape index (κ1) is 14.2. The summed E-state index contributed by atoms with van der Waals surface area (Å²) >= 11 is 5.54. The zero-order valence-corrected chi connectivity index (χ0v) is 11.3. The highest BCUT2D eigenvalue weighted by Gasteiger charge is 2.31. The van der Waals surface area contributed by atoms with Gasteiger partial charge in [0.1, 0.15) is 0 Å². The van der Waals surface area contributed by atoms with E-state index in [9.17, 15) is 8.42 Å². The van der Waals surface area contributed by atoms with Crippen LogP contribution >= 0.6 is 11.6 Å². The van der Waals surface area contributed by atoms with E-state index in [0.717, 1.165) is 12.8 Å². The number of rotatable bonds is 6. The first-order chi connectivity index (χ1) is 7.61. The predicted octanol–water partition coefficient (Wildman–Crippen LogP) is 1.45. The van der Waals surface area contributed by atoms with E-state index < -0.39 is 10.0 Å². The van der Waals surface area contributed by atoms with Crippen LogP contribution in [0.1, 0.15) is 26.2 Å². The van der Waals surface area contributed by atoms with Crippen molar-refractivity contribution in [2.75, 3.05) is 31.4 Å². The minimum absolute atomic E-state index is 0.00903. The van der Waals surface area contributed by atoms with Gasteiger partial charge in [-0.05, 0) is 19.3 Å². The SMILES string of the molecule is CCC1COCCN1S(=O)(=O)CCCCCl. The summed E-state index contributed by atoms with van der Waals surface area (Å²) in [6.07, 6.45) is 2.19. The van der Waals surface area contributed by atoms with Gasteiger partial charge in [-0.2, -0.15) is 4.31 Å². The molecule has 1 heterocycles. The molecule has 0 aromatic rings. The molecular formula is C10H20ClNO3S. The molecular weight excluding hydrogens is 250 g/mol. The molecule has 0 saturated carbocycles. The van der Waals surface area contributed by atoms with E-state index in [2.05, 4.69) is 0 Å². The van der Waals surface area contributed by atoms with Gasteiger partial charge < -0.3 is 4.74 Å². The smallest absolute Gasteiger partial charge is 0.214 e. The molecule has 0 aromatic carbocycles. The van der Waals surface area contributed by atoms with Crippen LogP contribution in [0.3, 0.4) is 0 Å². The van der Waals surface area contributed by atoms with Crippen molar-refractivity contribution in [3.8, 4) is 0 Å². The number of unbranched alkanes of at least 4 members (excludes halogenated alkanes) is 1. The topological polar surface area (TPSA) is 46.6 Å². The summed E-state index contributed by atoms with van der Waals surface area (Å²) in [5.74, 6) is 0.728. The van der Waals surface area contributed by atoms with Gasteiger partial charge in [-0.3, -0.25) is 0 Å². The zero-order chi connectivity index (χ0) is 12.0. The molecule has 1 atom stereocenters. The van der Waals surface area contributed by atoms with Gasteiger partial charge in [0.25, 0.3) is 0 Å². The normalized spacial score (nSPS) is 23.5. The third-order valence-corrected chi connectivity index (χ3v) is 5.06. The fraction of sp³-hybridized carbons (Fsp3) is 1.00. The van der Waals surface area contributed by atoms with Gasteiger partial charge in [0, 0.05) is 18.5 Å². The molecule has 96 valence electrons. The number of hydrogen-bond donors (Lipinski definition) is 0. The summed E-state index contributed by atoms with van der Waals surface area (Å²) in [6.45, 7) is 3.50. The van der Waals surface area contributed by atoms with E-state index in [-0.39, 0.29) is 11.8 Å². The van der Waals surface area contributed by atoms with Crippen molar-refractivity contribution in [3.63, 3.8) is 0 Å². The highest BCUT2D eigenvalue weighted by atomic mass is 35.5. The molecule has 1 fully saturated rings. The minimum Gasteiger partial charge on any atom is -0.378 e. The average molecular weight is 270 g/mol. The van der Waals surface area contributed by atoms with Crippen molar-refractivity contribution in [2.24, 2.45) is 0 Å². The van der Waals surface area contributed by atoms with E-state index in [0.29, 0.717) is 32.1 Å². The molecule has 1 aliphatic rings. The molecule has 6 heteroatoms. The van der Waals surface area contributed by atoms with Gasteiger partial charge >= 0.3 is 0 Å². The Balaban J connectivity index is 2.57. The van der Waals surface area contributed by atoms with Crippen molar-refractivity contribution in [2.45, 2.75) is 32.2 Å². The van der Waals surface area contributed by atoms with Crippen molar-refractivity contribution in [1.29, 1.82) is 0 Å². The summed E-state index contributed by atoms with van der Waals surface area (Å²) in [5.41, 5.74) is 0. The molecule has 0 spiro atoms. The maximum absolute atomic E-state index is 12.1. The zero-order valence-electron chi connectivity index (χ0n) is 9.69. The standard InChI is InChI=1S/C10H20ClNO3S/c1-2-10-9-15-7-6-12(10)16(13,14)8-4-3-5-11/h10H,2-9H2,1H3. The Bertz CT molecular complexity index is 294.